The van der Waals surface area contributed by atoms with Gasteiger partial charge in [-0.2, -0.15) is 5.10 Å². The Balaban J connectivity index is 1.25. The molecule has 7 heteroatoms. The van der Waals surface area contributed by atoms with Crippen LogP contribution in [0.5, 0.6) is 0 Å². The topological polar surface area (TPSA) is 66.7 Å². The molecular weight excluding hydrogens is 492 g/mol. The number of hydrogen-bond acceptors (Lipinski definition) is 4. The van der Waals surface area contributed by atoms with Crippen LogP contribution in [0.3, 0.4) is 0 Å². The molecule has 1 aliphatic heterocycles. The zero-order valence-corrected chi connectivity index (χ0v) is 22.5. The smallest absolute Gasteiger partial charge is 0.271 e. The Morgan fingerprint density at radius 3 is 2.45 bits per heavy atom. The van der Waals surface area contributed by atoms with E-state index in [9.17, 15) is 9.59 Å². The number of aromatic nitrogens is 1. The number of amides is 2. The van der Waals surface area contributed by atoms with E-state index in [2.05, 4.69) is 47.1 Å². The lowest BCUT2D eigenvalue weighted by Crippen LogP contribution is -2.27. The predicted molar refractivity (Wildman–Crippen MR) is 154 cm³/mol. The molecule has 0 saturated carbocycles. The molecule has 1 atom stereocenters. The molecule has 1 aliphatic rings. The molecule has 1 fully saturated rings. The second kappa shape index (κ2) is 11.1. The van der Waals surface area contributed by atoms with E-state index < -0.39 is 0 Å². The largest absolute Gasteiger partial charge is 0.322 e. The predicted octanol–water partition coefficient (Wildman–Crippen LogP) is 5.94. The van der Waals surface area contributed by atoms with E-state index in [-0.39, 0.29) is 17.2 Å². The summed E-state index contributed by atoms with van der Waals surface area (Å²) in [4.78, 5) is 27.2. The molecule has 0 unspecified atom stereocenters. The number of thioether (sulfide) groups is 1. The molecule has 2 heterocycles. The van der Waals surface area contributed by atoms with Gasteiger partial charge in [0.05, 0.1) is 12.0 Å². The van der Waals surface area contributed by atoms with Gasteiger partial charge in [0.1, 0.15) is 5.37 Å². The first-order chi connectivity index (χ1) is 18.4. The monoisotopic (exact) mass is 522 g/mol. The molecule has 1 N–H and O–H groups in total. The van der Waals surface area contributed by atoms with Gasteiger partial charge in [0.25, 0.3) is 5.91 Å². The van der Waals surface area contributed by atoms with E-state index in [4.69, 9.17) is 0 Å². The van der Waals surface area contributed by atoms with Crippen molar-refractivity contribution in [1.29, 1.82) is 0 Å². The number of carbonyl (C=O) groups is 2. The zero-order valence-electron chi connectivity index (χ0n) is 21.7. The van der Waals surface area contributed by atoms with E-state index in [1.807, 2.05) is 66.4 Å². The van der Waals surface area contributed by atoms with Gasteiger partial charge in [-0.05, 0) is 61.7 Å². The van der Waals surface area contributed by atoms with E-state index in [1.54, 1.807) is 30.1 Å². The molecule has 0 bridgehead atoms. The second-order valence-electron chi connectivity index (χ2n) is 9.44. The number of para-hydroxylation sites is 1. The van der Waals surface area contributed by atoms with Gasteiger partial charge < -0.3 is 9.47 Å². The molecule has 0 aliphatic carbocycles. The number of nitrogens with one attached hydrogen (secondary N) is 1. The lowest BCUT2D eigenvalue weighted by molar-refractivity contribution is -0.128. The Morgan fingerprint density at radius 2 is 1.71 bits per heavy atom. The van der Waals surface area contributed by atoms with E-state index >= 15 is 0 Å². The van der Waals surface area contributed by atoms with Crippen molar-refractivity contribution in [2.75, 3.05) is 5.75 Å². The van der Waals surface area contributed by atoms with Crippen LogP contribution in [-0.4, -0.2) is 33.2 Å². The lowest BCUT2D eigenvalue weighted by Gasteiger charge is -2.24. The van der Waals surface area contributed by atoms with Crippen LogP contribution in [0.15, 0.2) is 90.0 Å². The standard InChI is InChI=1S/C31H30N4O2S/c1-21-9-7-8-12-28(21)35-22(2)17-27(23(35)3)18-32-33-30(37)25-13-15-26(16-14-25)31-34(29(36)20-38-31)19-24-10-5-4-6-11-24/h4-18,31H,19-20H2,1-3H3,(H,33,37)/b32-18-/t31-/m0/s1. The SMILES string of the molecule is Cc1ccccc1-n1c(C)cc(/C=N\NC(=O)c2ccc([C@@H]3SCC(=O)N3Cc3ccccc3)cc2)c1C. The van der Waals surface area contributed by atoms with Crippen molar-refractivity contribution in [3.05, 3.63) is 124 Å². The maximum Gasteiger partial charge on any atom is 0.271 e. The van der Waals surface area contributed by atoms with Gasteiger partial charge in [-0.15, -0.1) is 11.8 Å². The van der Waals surface area contributed by atoms with Crippen LogP contribution in [0.2, 0.25) is 0 Å². The molecule has 6 nitrogen and oxygen atoms in total. The molecular formula is C31H30N4O2S. The number of hydrazone groups is 1. The third kappa shape index (κ3) is 5.29. The fourth-order valence-electron chi connectivity index (χ4n) is 4.81. The third-order valence-corrected chi connectivity index (χ3v) is 8.07. The van der Waals surface area contributed by atoms with Crippen molar-refractivity contribution in [3.63, 3.8) is 0 Å². The van der Waals surface area contributed by atoms with Gasteiger partial charge in [0.15, 0.2) is 0 Å². The maximum absolute atomic E-state index is 12.7. The summed E-state index contributed by atoms with van der Waals surface area (Å²) < 4.78 is 2.20. The fourth-order valence-corrected chi connectivity index (χ4v) is 6.00. The van der Waals surface area contributed by atoms with Gasteiger partial charge in [-0.3, -0.25) is 9.59 Å². The summed E-state index contributed by atoms with van der Waals surface area (Å²) in [7, 11) is 0. The number of rotatable bonds is 7. The van der Waals surface area contributed by atoms with Crippen LogP contribution in [0, 0.1) is 20.8 Å². The minimum Gasteiger partial charge on any atom is -0.322 e. The maximum atomic E-state index is 12.7. The number of benzene rings is 3. The highest BCUT2D eigenvalue weighted by molar-refractivity contribution is 8.00. The van der Waals surface area contributed by atoms with Crippen molar-refractivity contribution in [3.8, 4) is 5.69 Å². The first-order valence-electron chi connectivity index (χ1n) is 12.6. The van der Waals surface area contributed by atoms with E-state index in [1.165, 1.54) is 5.56 Å². The van der Waals surface area contributed by atoms with Gasteiger partial charge in [0.2, 0.25) is 5.91 Å². The minimum atomic E-state index is -0.281. The number of aryl methyl sites for hydroxylation is 2. The number of carbonyl (C=O) groups excluding carboxylic acids is 2. The Morgan fingerprint density at radius 1 is 1.00 bits per heavy atom. The normalized spacial score (nSPS) is 15.4. The summed E-state index contributed by atoms with van der Waals surface area (Å²) in [6, 6.07) is 27.7. The summed E-state index contributed by atoms with van der Waals surface area (Å²) in [5.74, 6) is 0.303. The van der Waals surface area contributed by atoms with E-state index in [0.717, 1.165) is 33.8 Å². The van der Waals surface area contributed by atoms with Crippen molar-refractivity contribution in [2.45, 2.75) is 32.7 Å². The van der Waals surface area contributed by atoms with Crippen LogP contribution >= 0.6 is 11.8 Å². The van der Waals surface area contributed by atoms with Crippen molar-refractivity contribution >= 4 is 29.8 Å². The van der Waals surface area contributed by atoms with Crippen LogP contribution in [0.25, 0.3) is 5.69 Å². The Labute approximate surface area is 227 Å². The summed E-state index contributed by atoms with van der Waals surface area (Å²) in [6.07, 6.45) is 1.69. The minimum absolute atomic E-state index is 0.0682. The third-order valence-electron chi connectivity index (χ3n) is 6.82. The Kier molecular flexibility index (Phi) is 7.47. The average molecular weight is 523 g/mol. The summed E-state index contributed by atoms with van der Waals surface area (Å²) in [5, 5.41) is 4.15. The van der Waals surface area contributed by atoms with Crippen molar-refractivity contribution < 1.29 is 9.59 Å². The molecule has 3 aromatic carbocycles. The summed E-state index contributed by atoms with van der Waals surface area (Å²) in [5.41, 5.74) is 10.7. The van der Waals surface area contributed by atoms with Crippen LogP contribution in [-0.2, 0) is 11.3 Å². The lowest BCUT2D eigenvalue weighted by atomic mass is 10.1. The van der Waals surface area contributed by atoms with Crippen LogP contribution in [0.1, 0.15) is 49.4 Å². The Bertz CT molecular complexity index is 1490. The Hall–Kier alpha value is -4.10. The molecule has 192 valence electrons. The average Bonchev–Trinajstić information content (AvgIpc) is 3.43. The molecule has 38 heavy (non-hydrogen) atoms. The van der Waals surface area contributed by atoms with Gasteiger partial charge in [-0.25, -0.2) is 5.43 Å². The molecule has 4 aromatic rings. The highest BCUT2D eigenvalue weighted by Crippen LogP contribution is 2.39. The highest BCUT2D eigenvalue weighted by atomic mass is 32.2. The quantitative estimate of drug-likeness (QED) is 0.241. The fraction of sp³-hybridized carbons (Fsp3) is 0.194. The molecule has 1 saturated heterocycles. The van der Waals surface area contributed by atoms with E-state index in [0.29, 0.717) is 17.9 Å². The highest BCUT2D eigenvalue weighted by Gasteiger charge is 2.32. The zero-order chi connectivity index (χ0) is 26.6. The first-order valence-corrected chi connectivity index (χ1v) is 13.6. The van der Waals surface area contributed by atoms with Gasteiger partial charge in [0, 0.05) is 34.7 Å². The molecule has 0 radical (unpaired) electrons. The number of hydrogen-bond donors (Lipinski definition) is 1. The molecule has 2 amide bonds. The number of nitrogens with zero attached hydrogens (tertiary/aromatic N) is 3. The molecule has 1 aromatic heterocycles. The van der Waals surface area contributed by atoms with Crippen LogP contribution < -0.4 is 5.43 Å². The second-order valence-corrected chi connectivity index (χ2v) is 10.5. The summed E-state index contributed by atoms with van der Waals surface area (Å²) in [6.45, 7) is 6.78. The van der Waals surface area contributed by atoms with Gasteiger partial charge >= 0.3 is 0 Å². The molecule has 0 spiro atoms. The van der Waals surface area contributed by atoms with Crippen molar-refractivity contribution in [1.82, 2.24) is 14.9 Å². The van der Waals surface area contributed by atoms with Crippen molar-refractivity contribution in [2.24, 2.45) is 5.10 Å². The van der Waals surface area contributed by atoms with Gasteiger partial charge in [-0.1, -0.05) is 60.7 Å². The first kappa shape index (κ1) is 25.5. The van der Waals surface area contributed by atoms with Crippen LogP contribution in [0.4, 0.5) is 0 Å². The molecule has 5 rings (SSSR count). The summed E-state index contributed by atoms with van der Waals surface area (Å²) >= 11 is 1.61.